The molecule has 0 bridgehead atoms. The zero-order chi connectivity index (χ0) is 18.0. The van der Waals surface area contributed by atoms with Crippen molar-refractivity contribution < 1.29 is 9.53 Å². The molecule has 1 atom stereocenters. The third kappa shape index (κ3) is 4.18. The summed E-state index contributed by atoms with van der Waals surface area (Å²) in [5.74, 6) is 1.39. The first kappa shape index (κ1) is 17.5. The lowest BCUT2D eigenvalue weighted by Crippen LogP contribution is -2.37. The molecule has 3 rings (SSSR count). The van der Waals surface area contributed by atoms with Crippen molar-refractivity contribution in [1.29, 1.82) is 0 Å². The fourth-order valence-corrected chi connectivity index (χ4v) is 3.22. The Kier molecular flexibility index (Phi) is 4.79. The molecule has 1 aliphatic heterocycles. The molecule has 1 fully saturated rings. The second-order valence-corrected chi connectivity index (χ2v) is 7.68. The number of ether oxygens (including phenoxy) is 1. The van der Waals surface area contributed by atoms with Crippen molar-refractivity contribution in [2.45, 2.75) is 32.8 Å². The van der Waals surface area contributed by atoms with Gasteiger partial charge in [-0.2, -0.15) is 0 Å². The topological polar surface area (TPSA) is 58.6 Å². The van der Waals surface area contributed by atoms with Crippen LogP contribution in [-0.2, 0) is 4.74 Å². The number of hydrogen-bond acceptors (Lipinski definition) is 5. The number of hydrogen-bond donors (Lipinski definition) is 0. The van der Waals surface area contributed by atoms with Gasteiger partial charge in [0.2, 0.25) is 0 Å². The SMILES string of the molecule is CN(CC1CCN(c2ncnc3ccccc23)C1)C(=O)OC(C)(C)C. The second kappa shape index (κ2) is 6.86. The highest BCUT2D eigenvalue weighted by molar-refractivity contribution is 5.89. The maximum atomic E-state index is 12.1. The summed E-state index contributed by atoms with van der Waals surface area (Å²) >= 11 is 0. The van der Waals surface area contributed by atoms with E-state index in [1.54, 1.807) is 18.3 Å². The van der Waals surface area contributed by atoms with Gasteiger partial charge in [-0.1, -0.05) is 12.1 Å². The van der Waals surface area contributed by atoms with Crippen molar-refractivity contribution in [3.63, 3.8) is 0 Å². The van der Waals surface area contributed by atoms with Crippen LogP contribution in [0.1, 0.15) is 27.2 Å². The first-order valence-electron chi connectivity index (χ1n) is 8.72. The Morgan fingerprint density at radius 2 is 2.08 bits per heavy atom. The van der Waals surface area contributed by atoms with Crippen LogP contribution in [0.3, 0.4) is 0 Å². The zero-order valence-corrected chi connectivity index (χ0v) is 15.4. The first-order valence-corrected chi connectivity index (χ1v) is 8.72. The number of rotatable bonds is 3. The lowest BCUT2D eigenvalue weighted by Gasteiger charge is -2.26. The summed E-state index contributed by atoms with van der Waals surface area (Å²) in [5.41, 5.74) is 0.495. The van der Waals surface area contributed by atoms with Gasteiger partial charge in [-0.05, 0) is 45.2 Å². The largest absolute Gasteiger partial charge is 0.444 e. The molecule has 1 amide bonds. The monoisotopic (exact) mass is 342 g/mol. The van der Waals surface area contributed by atoms with E-state index in [0.717, 1.165) is 36.2 Å². The number of benzene rings is 1. The Balaban J connectivity index is 1.64. The van der Waals surface area contributed by atoms with Crippen LogP contribution in [-0.4, -0.2) is 53.2 Å². The molecule has 1 unspecified atom stereocenters. The smallest absolute Gasteiger partial charge is 0.410 e. The van der Waals surface area contributed by atoms with Gasteiger partial charge < -0.3 is 14.5 Å². The van der Waals surface area contributed by atoms with E-state index in [1.807, 2.05) is 39.0 Å². The van der Waals surface area contributed by atoms with E-state index in [2.05, 4.69) is 20.9 Å². The number of aromatic nitrogens is 2. The lowest BCUT2D eigenvalue weighted by molar-refractivity contribution is 0.0277. The van der Waals surface area contributed by atoms with Crippen molar-refractivity contribution in [1.82, 2.24) is 14.9 Å². The molecule has 1 saturated heterocycles. The summed E-state index contributed by atoms with van der Waals surface area (Å²) < 4.78 is 5.43. The molecule has 6 heteroatoms. The highest BCUT2D eigenvalue weighted by Gasteiger charge is 2.28. The number of para-hydroxylation sites is 1. The van der Waals surface area contributed by atoms with E-state index in [0.29, 0.717) is 12.5 Å². The highest BCUT2D eigenvalue weighted by Crippen LogP contribution is 2.28. The van der Waals surface area contributed by atoms with E-state index in [-0.39, 0.29) is 6.09 Å². The first-order chi connectivity index (χ1) is 11.8. The Morgan fingerprint density at radius 3 is 2.84 bits per heavy atom. The third-order valence-electron chi connectivity index (χ3n) is 4.34. The predicted molar refractivity (Wildman–Crippen MR) is 98.7 cm³/mol. The van der Waals surface area contributed by atoms with Gasteiger partial charge in [-0.15, -0.1) is 0 Å². The molecule has 6 nitrogen and oxygen atoms in total. The summed E-state index contributed by atoms with van der Waals surface area (Å²) in [4.78, 5) is 24.9. The van der Waals surface area contributed by atoms with E-state index >= 15 is 0 Å². The van der Waals surface area contributed by atoms with Crippen LogP contribution in [0.4, 0.5) is 10.6 Å². The normalized spacial score (nSPS) is 17.8. The lowest BCUT2D eigenvalue weighted by atomic mass is 10.1. The Morgan fingerprint density at radius 1 is 1.32 bits per heavy atom. The van der Waals surface area contributed by atoms with Crippen LogP contribution in [0.2, 0.25) is 0 Å². The molecular weight excluding hydrogens is 316 g/mol. The maximum Gasteiger partial charge on any atom is 0.410 e. The van der Waals surface area contributed by atoms with Crippen molar-refractivity contribution in [2.24, 2.45) is 5.92 Å². The summed E-state index contributed by atoms with van der Waals surface area (Å²) in [5, 5.41) is 1.08. The molecule has 2 heterocycles. The summed E-state index contributed by atoms with van der Waals surface area (Å²) in [7, 11) is 1.80. The molecule has 134 valence electrons. The second-order valence-electron chi connectivity index (χ2n) is 7.68. The number of anilines is 1. The molecule has 2 aromatic rings. The van der Waals surface area contributed by atoms with Crippen LogP contribution in [0.5, 0.6) is 0 Å². The minimum Gasteiger partial charge on any atom is -0.444 e. The number of carbonyl (C=O) groups excluding carboxylic acids is 1. The average molecular weight is 342 g/mol. The molecule has 0 radical (unpaired) electrons. The molecule has 0 aliphatic carbocycles. The quantitative estimate of drug-likeness (QED) is 0.856. The highest BCUT2D eigenvalue weighted by atomic mass is 16.6. The van der Waals surface area contributed by atoms with E-state index in [4.69, 9.17) is 4.74 Å². The van der Waals surface area contributed by atoms with Gasteiger partial charge in [0.1, 0.15) is 17.7 Å². The molecule has 0 spiro atoms. The Bertz CT molecular complexity index is 751. The van der Waals surface area contributed by atoms with Gasteiger partial charge in [0, 0.05) is 32.1 Å². The van der Waals surface area contributed by atoms with Gasteiger partial charge >= 0.3 is 6.09 Å². The number of fused-ring (bicyclic) bond motifs is 1. The Hall–Kier alpha value is -2.37. The summed E-state index contributed by atoms with van der Waals surface area (Å²) in [6.45, 7) is 8.17. The minimum atomic E-state index is -0.465. The van der Waals surface area contributed by atoms with Crippen molar-refractivity contribution in [2.75, 3.05) is 31.6 Å². The van der Waals surface area contributed by atoms with Crippen LogP contribution in [0.15, 0.2) is 30.6 Å². The van der Waals surface area contributed by atoms with Crippen LogP contribution in [0, 0.1) is 5.92 Å². The fraction of sp³-hybridized carbons (Fsp3) is 0.526. The van der Waals surface area contributed by atoms with Gasteiger partial charge in [0.15, 0.2) is 0 Å². The average Bonchev–Trinajstić information content (AvgIpc) is 3.01. The zero-order valence-electron chi connectivity index (χ0n) is 15.4. The minimum absolute atomic E-state index is 0.265. The van der Waals surface area contributed by atoms with Crippen molar-refractivity contribution in [3.8, 4) is 0 Å². The molecule has 0 N–H and O–H groups in total. The van der Waals surface area contributed by atoms with Crippen molar-refractivity contribution in [3.05, 3.63) is 30.6 Å². The molecule has 1 aromatic heterocycles. The number of nitrogens with zero attached hydrogens (tertiary/aromatic N) is 4. The van der Waals surface area contributed by atoms with Gasteiger partial charge in [-0.3, -0.25) is 0 Å². The Labute approximate surface area is 148 Å². The number of carbonyl (C=O) groups is 1. The van der Waals surface area contributed by atoms with E-state index < -0.39 is 5.60 Å². The fourth-order valence-electron chi connectivity index (χ4n) is 3.22. The third-order valence-corrected chi connectivity index (χ3v) is 4.34. The molecular formula is C19H26N4O2. The predicted octanol–water partition coefficient (Wildman–Crippen LogP) is 3.32. The molecule has 1 aliphatic rings. The van der Waals surface area contributed by atoms with Crippen LogP contribution >= 0.6 is 0 Å². The molecule has 1 aromatic carbocycles. The van der Waals surface area contributed by atoms with Gasteiger partial charge in [0.25, 0.3) is 0 Å². The standard InChI is InChI=1S/C19H26N4O2/c1-19(2,3)25-18(24)22(4)11-14-9-10-23(12-14)17-15-7-5-6-8-16(15)20-13-21-17/h5-8,13-14H,9-12H2,1-4H3. The van der Waals surface area contributed by atoms with Crippen molar-refractivity contribution >= 4 is 22.8 Å². The molecule has 0 saturated carbocycles. The van der Waals surface area contributed by atoms with Gasteiger partial charge in [-0.25, -0.2) is 14.8 Å². The van der Waals surface area contributed by atoms with Crippen LogP contribution < -0.4 is 4.90 Å². The summed E-state index contributed by atoms with van der Waals surface area (Å²) in [6, 6.07) is 8.07. The summed E-state index contributed by atoms with van der Waals surface area (Å²) in [6.07, 6.45) is 2.39. The maximum absolute atomic E-state index is 12.1. The van der Waals surface area contributed by atoms with Crippen LogP contribution in [0.25, 0.3) is 10.9 Å². The molecule has 25 heavy (non-hydrogen) atoms. The van der Waals surface area contributed by atoms with E-state index in [1.165, 1.54) is 0 Å². The van der Waals surface area contributed by atoms with E-state index in [9.17, 15) is 4.79 Å². The number of amides is 1. The van der Waals surface area contributed by atoms with Gasteiger partial charge in [0.05, 0.1) is 5.52 Å².